The summed E-state index contributed by atoms with van der Waals surface area (Å²) in [5.74, 6) is 0.131. The lowest BCUT2D eigenvalue weighted by Crippen LogP contribution is -1.96. The highest BCUT2D eigenvalue weighted by molar-refractivity contribution is 5.73. The fourth-order valence-corrected chi connectivity index (χ4v) is 1.72. The maximum Gasteiger partial charge on any atom is 0.145 e. The van der Waals surface area contributed by atoms with E-state index in [1.165, 1.54) is 0 Å². The van der Waals surface area contributed by atoms with Gasteiger partial charge in [-0.15, -0.1) is 0 Å². The molecule has 1 unspecified atom stereocenters. The van der Waals surface area contributed by atoms with Gasteiger partial charge in [0.1, 0.15) is 12.6 Å². The Morgan fingerprint density at radius 2 is 1.67 bits per heavy atom. The van der Waals surface area contributed by atoms with Crippen LogP contribution in [0.4, 0.5) is 0 Å². The summed E-state index contributed by atoms with van der Waals surface area (Å²) in [6, 6.07) is 9.97. The van der Waals surface area contributed by atoms with Crippen molar-refractivity contribution < 1.29 is 9.59 Å². The average molecular weight is 242 g/mol. The molecular weight excluding hydrogens is 224 g/mol. The highest BCUT2D eigenvalue weighted by atomic mass is 16.1. The van der Waals surface area contributed by atoms with Gasteiger partial charge in [0, 0.05) is 5.92 Å². The molecule has 0 fully saturated rings. The second-order valence-corrected chi connectivity index (χ2v) is 4.35. The minimum atomic E-state index is 0.131. The molecule has 0 saturated heterocycles. The zero-order valence-electron chi connectivity index (χ0n) is 10.8. The van der Waals surface area contributed by atoms with E-state index in [0.717, 1.165) is 24.6 Å². The number of carbonyl (C=O) groups is 2. The van der Waals surface area contributed by atoms with Crippen LogP contribution in [0, 0.1) is 0 Å². The molecule has 1 aromatic carbocycles. The fraction of sp³-hybridized carbons (Fsp3) is 0.250. The molecule has 2 heteroatoms. The molecule has 0 heterocycles. The summed E-state index contributed by atoms with van der Waals surface area (Å²) < 4.78 is 0. The third kappa shape index (κ3) is 4.50. The van der Waals surface area contributed by atoms with Gasteiger partial charge in [-0.05, 0) is 37.0 Å². The van der Waals surface area contributed by atoms with Crippen LogP contribution in [0.2, 0.25) is 0 Å². The summed E-state index contributed by atoms with van der Waals surface area (Å²) in [5.41, 5.74) is 2.57. The molecule has 2 nitrogen and oxygen atoms in total. The van der Waals surface area contributed by atoms with Crippen LogP contribution in [-0.4, -0.2) is 12.6 Å². The molecule has 18 heavy (non-hydrogen) atoms. The largest absolute Gasteiger partial charge is 0.298 e. The van der Waals surface area contributed by atoms with Gasteiger partial charge in [0.25, 0.3) is 0 Å². The van der Waals surface area contributed by atoms with E-state index in [4.69, 9.17) is 0 Å². The number of carbonyl (C=O) groups excluding carboxylic acids is 2. The van der Waals surface area contributed by atoms with Gasteiger partial charge < -0.3 is 0 Å². The normalized spacial score (nSPS) is 14.1. The van der Waals surface area contributed by atoms with Crippen LogP contribution in [0.5, 0.6) is 0 Å². The van der Waals surface area contributed by atoms with E-state index in [1.54, 1.807) is 13.8 Å². The first kappa shape index (κ1) is 14.1. The van der Waals surface area contributed by atoms with Gasteiger partial charge in [0.15, 0.2) is 0 Å². The van der Waals surface area contributed by atoms with Gasteiger partial charge in [-0.3, -0.25) is 9.59 Å². The molecule has 0 bridgehead atoms. The fourth-order valence-electron chi connectivity index (χ4n) is 1.72. The van der Waals surface area contributed by atoms with Crippen molar-refractivity contribution in [1.82, 2.24) is 0 Å². The standard InChI is InChI=1S/C16H18O2/c1-13(11-17)8-9-16(10-14(2)12-18)15-6-4-3-5-7-15/h3-8,10-12,16H,9H2,1-2H3. The number of rotatable bonds is 6. The van der Waals surface area contributed by atoms with E-state index >= 15 is 0 Å². The Labute approximate surface area is 108 Å². The molecule has 1 atom stereocenters. The Kier molecular flexibility index (Phi) is 5.78. The van der Waals surface area contributed by atoms with Gasteiger partial charge in [0.2, 0.25) is 0 Å². The summed E-state index contributed by atoms with van der Waals surface area (Å²) in [6.07, 6.45) is 6.26. The zero-order chi connectivity index (χ0) is 13.4. The monoisotopic (exact) mass is 242 g/mol. The maximum absolute atomic E-state index is 10.7. The minimum absolute atomic E-state index is 0.131. The molecule has 0 radical (unpaired) electrons. The molecule has 0 N–H and O–H groups in total. The first-order valence-corrected chi connectivity index (χ1v) is 5.98. The van der Waals surface area contributed by atoms with E-state index in [1.807, 2.05) is 42.5 Å². The van der Waals surface area contributed by atoms with Crippen LogP contribution in [0.15, 0.2) is 53.6 Å². The van der Waals surface area contributed by atoms with Crippen molar-refractivity contribution in [3.63, 3.8) is 0 Å². The summed E-state index contributed by atoms with van der Waals surface area (Å²) in [6.45, 7) is 3.57. The van der Waals surface area contributed by atoms with Crippen molar-refractivity contribution in [2.45, 2.75) is 26.2 Å². The Morgan fingerprint density at radius 1 is 1.06 bits per heavy atom. The summed E-state index contributed by atoms with van der Waals surface area (Å²) in [4.78, 5) is 21.3. The van der Waals surface area contributed by atoms with Crippen LogP contribution in [0.3, 0.4) is 0 Å². The quantitative estimate of drug-likeness (QED) is 0.565. The SMILES string of the molecule is CC(C=O)=CCC(C=C(C)C=O)c1ccccc1. The topological polar surface area (TPSA) is 34.1 Å². The predicted octanol–water partition coefficient (Wildman–Crippen LogP) is 3.45. The predicted molar refractivity (Wildman–Crippen MR) is 73.4 cm³/mol. The minimum Gasteiger partial charge on any atom is -0.298 e. The first-order chi connectivity index (χ1) is 8.67. The molecule has 0 amide bonds. The summed E-state index contributed by atoms with van der Waals surface area (Å²) >= 11 is 0. The number of aldehydes is 2. The number of hydrogen-bond donors (Lipinski definition) is 0. The van der Waals surface area contributed by atoms with Crippen molar-refractivity contribution in [2.24, 2.45) is 0 Å². The average Bonchev–Trinajstić information content (AvgIpc) is 2.43. The molecule has 0 saturated carbocycles. The Bertz CT molecular complexity index is 455. The second kappa shape index (κ2) is 7.38. The molecule has 0 aliphatic rings. The zero-order valence-corrected chi connectivity index (χ0v) is 10.8. The van der Waals surface area contributed by atoms with Crippen LogP contribution in [-0.2, 0) is 9.59 Å². The highest BCUT2D eigenvalue weighted by Gasteiger charge is 2.07. The van der Waals surface area contributed by atoms with E-state index in [9.17, 15) is 9.59 Å². The molecule has 0 aliphatic carbocycles. The summed E-state index contributed by atoms with van der Waals surface area (Å²) in [5, 5.41) is 0. The first-order valence-electron chi connectivity index (χ1n) is 5.98. The third-order valence-electron chi connectivity index (χ3n) is 2.76. The van der Waals surface area contributed by atoms with Crippen LogP contribution in [0.25, 0.3) is 0 Å². The van der Waals surface area contributed by atoms with Gasteiger partial charge in [-0.1, -0.05) is 42.5 Å². The maximum atomic E-state index is 10.7. The number of benzene rings is 1. The molecule has 0 aromatic heterocycles. The van der Waals surface area contributed by atoms with E-state index < -0.39 is 0 Å². The van der Waals surface area contributed by atoms with E-state index in [-0.39, 0.29) is 5.92 Å². The lowest BCUT2D eigenvalue weighted by Gasteiger charge is -2.11. The Morgan fingerprint density at radius 3 is 2.22 bits per heavy atom. The molecular formula is C16H18O2. The van der Waals surface area contributed by atoms with Gasteiger partial charge in [-0.2, -0.15) is 0 Å². The lowest BCUT2D eigenvalue weighted by molar-refractivity contribution is -0.105. The molecule has 1 aromatic rings. The van der Waals surface area contributed by atoms with Crippen LogP contribution in [0.1, 0.15) is 31.7 Å². The lowest BCUT2D eigenvalue weighted by atomic mass is 9.93. The van der Waals surface area contributed by atoms with Crippen LogP contribution < -0.4 is 0 Å². The van der Waals surface area contributed by atoms with E-state index in [0.29, 0.717) is 11.1 Å². The van der Waals surface area contributed by atoms with Crippen molar-refractivity contribution in [2.75, 3.05) is 0 Å². The van der Waals surface area contributed by atoms with Gasteiger partial charge >= 0.3 is 0 Å². The second-order valence-electron chi connectivity index (χ2n) is 4.35. The Hall–Kier alpha value is -1.96. The van der Waals surface area contributed by atoms with Crippen LogP contribution >= 0.6 is 0 Å². The van der Waals surface area contributed by atoms with Crippen molar-refractivity contribution in [1.29, 1.82) is 0 Å². The molecule has 0 aliphatic heterocycles. The Balaban J connectivity index is 2.96. The molecule has 1 rings (SSSR count). The number of hydrogen-bond acceptors (Lipinski definition) is 2. The smallest absolute Gasteiger partial charge is 0.145 e. The summed E-state index contributed by atoms with van der Waals surface area (Å²) in [7, 11) is 0. The van der Waals surface area contributed by atoms with Crippen molar-refractivity contribution in [3.05, 3.63) is 59.2 Å². The van der Waals surface area contributed by atoms with Crippen molar-refractivity contribution >= 4 is 12.6 Å². The van der Waals surface area contributed by atoms with Crippen molar-refractivity contribution in [3.8, 4) is 0 Å². The number of allylic oxidation sites excluding steroid dienone is 4. The molecule has 94 valence electrons. The van der Waals surface area contributed by atoms with E-state index in [2.05, 4.69) is 0 Å². The molecule has 0 spiro atoms. The van der Waals surface area contributed by atoms with Gasteiger partial charge in [0.05, 0.1) is 0 Å². The van der Waals surface area contributed by atoms with Gasteiger partial charge in [-0.25, -0.2) is 0 Å². The third-order valence-corrected chi connectivity index (χ3v) is 2.76. The highest BCUT2D eigenvalue weighted by Crippen LogP contribution is 2.23.